The summed E-state index contributed by atoms with van der Waals surface area (Å²) in [5.41, 5.74) is 1.65. The topological polar surface area (TPSA) is 80.1 Å². The Kier molecular flexibility index (Phi) is 5.22. The molecular formula is C17H19N3O3S. The molecule has 0 unspecified atom stereocenters. The molecule has 0 amide bonds. The van der Waals surface area contributed by atoms with E-state index in [1.165, 1.54) is 11.8 Å². The molecule has 0 aliphatic heterocycles. The number of fused-ring (bicyclic) bond motifs is 1. The van der Waals surface area contributed by atoms with E-state index in [0.717, 1.165) is 12.2 Å². The number of nitrogens with one attached hydrogen (secondary N) is 1. The van der Waals surface area contributed by atoms with Gasteiger partial charge in [0.2, 0.25) is 0 Å². The molecule has 1 aromatic carbocycles. The van der Waals surface area contributed by atoms with Gasteiger partial charge in [-0.1, -0.05) is 11.8 Å². The quantitative estimate of drug-likeness (QED) is 0.391. The van der Waals surface area contributed by atoms with Crippen molar-refractivity contribution in [3.05, 3.63) is 46.9 Å². The summed E-state index contributed by atoms with van der Waals surface area (Å²) in [6.07, 6.45) is 2.60. The molecule has 7 heteroatoms. The summed E-state index contributed by atoms with van der Waals surface area (Å²) < 4.78 is 6.92. The number of nitrogens with zero attached hydrogens (tertiary/aromatic N) is 2. The van der Waals surface area contributed by atoms with Crippen LogP contribution in [0.15, 0.2) is 46.5 Å². The summed E-state index contributed by atoms with van der Waals surface area (Å²) in [6.45, 7) is 3.37. The third-order valence-corrected chi connectivity index (χ3v) is 4.55. The zero-order valence-electron chi connectivity index (χ0n) is 13.4. The number of benzene rings is 1. The fourth-order valence-corrected chi connectivity index (χ4v) is 3.30. The summed E-state index contributed by atoms with van der Waals surface area (Å²) in [5, 5.41) is 10.1. The fourth-order valence-electron chi connectivity index (χ4n) is 2.37. The van der Waals surface area contributed by atoms with E-state index >= 15 is 0 Å². The summed E-state index contributed by atoms with van der Waals surface area (Å²) in [6, 6.07) is 8.32. The molecule has 24 heavy (non-hydrogen) atoms. The Morgan fingerprint density at radius 3 is 2.83 bits per heavy atom. The van der Waals surface area contributed by atoms with Gasteiger partial charge in [0.15, 0.2) is 5.16 Å². The van der Waals surface area contributed by atoms with Crippen LogP contribution in [0.5, 0.6) is 5.75 Å². The Hall–Kier alpha value is -2.25. The van der Waals surface area contributed by atoms with Gasteiger partial charge in [-0.2, -0.15) is 0 Å². The molecule has 0 aliphatic rings. The second kappa shape index (κ2) is 7.55. The molecule has 3 rings (SSSR count). The van der Waals surface area contributed by atoms with E-state index in [4.69, 9.17) is 4.74 Å². The molecule has 0 spiro atoms. The second-order valence-corrected chi connectivity index (χ2v) is 6.25. The molecular weight excluding hydrogens is 326 g/mol. The summed E-state index contributed by atoms with van der Waals surface area (Å²) in [4.78, 5) is 20.4. The van der Waals surface area contributed by atoms with Crippen molar-refractivity contribution in [2.24, 2.45) is 0 Å². The minimum atomic E-state index is -0.150. The van der Waals surface area contributed by atoms with Gasteiger partial charge in [-0.25, -0.2) is 4.98 Å². The minimum Gasteiger partial charge on any atom is -0.508 e. The highest BCUT2D eigenvalue weighted by molar-refractivity contribution is 7.99. The highest BCUT2D eigenvalue weighted by Crippen LogP contribution is 2.22. The van der Waals surface area contributed by atoms with E-state index in [2.05, 4.69) is 9.97 Å². The maximum absolute atomic E-state index is 12.8. The van der Waals surface area contributed by atoms with Crippen molar-refractivity contribution < 1.29 is 9.84 Å². The van der Waals surface area contributed by atoms with Crippen LogP contribution in [-0.2, 0) is 4.74 Å². The third kappa shape index (κ3) is 3.47. The van der Waals surface area contributed by atoms with Gasteiger partial charge in [0, 0.05) is 25.2 Å². The number of thioether (sulfide) groups is 1. The first kappa shape index (κ1) is 16.6. The molecule has 0 radical (unpaired) electrons. The molecule has 0 fully saturated rings. The van der Waals surface area contributed by atoms with Crippen molar-refractivity contribution in [2.75, 3.05) is 19.0 Å². The van der Waals surface area contributed by atoms with Crippen molar-refractivity contribution in [3.8, 4) is 11.4 Å². The number of phenols is 1. The number of aromatic amines is 1. The minimum absolute atomic E-state index is 0.150. The van der Waals surface area contributed by atoms with Crippen molar-refractivity contribution in [3.63, 3.8) is 0 Å². The molecule has 2 N–H and O–H groups in total. The lowest BCUT2D eigenvalue weighted by molar-refractivity contribution is 0.149. The van der Waals surface area contributed by atoms with Gasteiger partial charge in [0.25, 0.3) is 5.56 Å². The lowest BCUT2D eigenvalue weighted by Gasteiger charge is -2.12. The fraction of sp³-hybridized carbons (Fsp3) is 0.294. The first-order chi connectivity index (χ1) is 11.7. The van der Waals surface area contributed by atoms with Crippen LogP contribution in [0, 0.1) is 0 Å². The van der Waals surface area contributed by atoms with Crippen LogP contribution < -0.4 is 5.56 Å². The van der Waals surface area contributed by atoms with E-state index in [0.29, 0.717) is 35.1 Å². The van der Waals surface area contributed by atoms with Crippen LogP contribution in [0.4, 0.5) is 0 Å². The maximum Gasteiger partial charge on any atom is 0.283 e. The van der Waals surface area contributed by atoms with Gasteiger partial charge in [-0.3, -0.25) is 9.36 Å². The largest absolute Gasteiger partial charge is 0.508 e. The van der Waals surface area contributed by atoms with Crippen molar-refractivity contribution in [2.45, 2.75) is 18.5 Å². The molecule has 0 saturated carbocycles. The predicted octanol–water partition coefficient (Wildman–Crippen LogP) is 2.94. The zero-order chi connectivity index (χ0) is 16.9. The number of phenolic OH excluding ortho intramolecular Hbond substituents is 1. The van der Waals surface area contributed by atoms with Gasteiger partial charge >= 0.3 is 0 Å². The van der Waals surface area contributed by atoms with Gasteiger partial charge in [0.05, 0.1) is 11.2 Å². The normalized spacial score (nSPS) is 11.2. The van der Waals surface area contributed by atoms with E-state index in [-0.39, 0.29) is 11.3 Å². The molecule has 3 aromatic rings. The molecule has 0 saturated heterocycles. The average molecular weight is 345 g/mol. The molecule has 0 aliphatic carbocycles. The predicted molar refractivity (Wildman–Crippen MR) is 95.2 cm³/mol. The number of ether oxygens (including phenoxy) is 1. The van der Waals surface area contributed by atoms with Gasteiger partial charge < -0.3 is 14.8 Å². The Balaban J connectivity index is 1.97. The number of hydrogen-bond acceptors (Lipinski definition) is 5. The number of hydrogen-bond donors (Lipinski definition) is 2. The van der Waals surface area contributed by atoms with Gasteiger partial charge in [-0.05, 0) is 43.7 Å². The highest BCUT2D eigenvalue weighted by Gasteiger charge is 2.14. The lowest BCUT2D eigenvalue weighted by Crippen LogP contribution is -2.21. The van der Waals surface area contributed by atoms with Crippen LogP contribution in [0.3, 0.4) is 0 Å². The Labute approximate surface area is 143 Å². The SMILES string of the molecule is CCOCCCSc1nc2cc[nH]c2c(=O)n1-c1ccc(O)cc1. The van der Waals surface area contributed by atoms with Gasteiger partial charge in [-0.15, -0.1) is 0 Å². The monoisotopic (exact) mass is 345 g/mol. The molecule has 2 heterocycles. The van der Waals surface area contributed by atoms with Crippen molar-refractivity contribution in [1.82, 2.24) is 14.5 Å². The van der Waals surface area contributed by atoms with Crippen LogP contribution in [0.25, 0.3) is 16.7 Å². The Morgan fingerprint density at radius 2 is 2.08 bits per heavy atom. The molecule has 0 atom stereocenters. The van der Waals surface area contributed by atoms with Crippen LogP contribution in [-0.4, -0.2) is 38.6 Å². The van der Waals surface area contributed by atoms with E-state index in [1.807, 2.05) is 6.92 Å². The summed E-state index contributed by atoms with van der Waals surface area (Å²) >= 11 is 1.52. The molecule has 6 nitrogen and oxygen atoms in total. The Bertz CT molecular complexity index is 871. The van der Waals surface area contributed by atoms with Crippen molar-refractivity contribution in [1.29, 1.82) is 0 Å². The number of rotatable bonds is 7. The van der Waals surface area contributed by atoms with Crippen LogP contribution in [0.2, 0.25) is 0 Å². The van der Waals surface area contributed by atoms with Crippen LogP contribution in [0.1, 0.15) is 13.3 Å². The molecule has 2 aromatic heterocycles. The highest BCUT2D eigenvalue weighted by atomic mass is 32.2. The average Bonchev–Trinajstić information content (AvgIpc) is 3.05. The first-order valence-electron chi connectivity index (χ1n) is 7.81. The second-order valence-electron chi connectivity index (χ2n) is 5.19. The summed E-state index contributed by atoms with van der Waals surface area (Å²) in [7, 11) is 0. The maximum atomic E-state index is 12.8. The van der Waals surface area contributed by atoms with E-state index in [9.17, 15) is 9.90 Å². The lowest BCUT2D eigenvalue weighted by atomic mass is 10.3. The van der Waals surface area contributed by atoms with E-state index < -0.39 is 0 Å². The van der Waals surface area contributed by atoms with Crippen molar-refractivity contribution >= 4 is 22.8 Å². The third-order valence-electron chi connectivity index (χ3n) is 3.53. The van der Waals surface area contributed by atoms with E-state index in [1.54, 1.807) is 41.1 Å². The smallest absolute Gasteiger partial charge is 0.283 e. The Morgan fingerprint density at radius 1 is 1.29 bits per heavy atom. The number of aromatic nitrogens is 3. The number of aromatic hydroxyl groups is 1. The zero-order valence-corrected chi connectivity index (χ0v) is 14.2. The standard InChI is InChI=1S/C17H19N3O3S/c1-2-23-10-3-11-24-17-19-14-8-9-18-15(14)16(22)20(17)12-4-6-13(21)7-5-12/h4-9,18,21H,2-3,10-11H2,1H3. The molecule has 0 bridgehead atoms. The van der Waals surface area contributed by atoms with Crippen LogP contribution >= 0.6 is 11.8 Å². The van der Waals surface area contributed by atoms with Gasteiger partial charge in [0.1, 0.15) is 11.3 Å². The summed E-state index contributed by atoms with van der Waals surface area (Å²) in [5.74, 6) is 0.965. The molecule has 126 valence electrons. The first-order valence-corrected chi connectivity index (χ1v) is 8.79. The number of H-pyrrole nitrogens is 1.